The van der Waals surface area contributed by atoms with Gasteiger partial charge in [0.25, 0.3) is 0 Å². The van der Waals surface area contributed by atoms with Crippen molar-refractivity contribution in [2.45, 2.75) is 39.7 Å². The maximum atomic E-state index is 11.7. The lowest BCUT2D eigenvalue weighted by atomic mass is 10.2. The quantitative estimate of drug-likeness (QED) is 0.619. The van der Waals surface area contributed by atoms with Crippen LogP contribution in [0.3, 0.4) is 0 Å². The molecule has 0 spiro atoms. The van der Waals surface area contributed by atoms with Gasteiger partial charge in [-0.05, 0) is 42.6 Å². The molecule has 1 heterocycles. The lowest BCUT2D eigenvalue weighted by Gasteiger charge is -2.11. The molecule has 0 N–H and O–H groups in total. The minimum absolute atomic E-state index is 0.163. The minimum Gasteiger partial charge on any atom is -0.295 e. The Balaban J connectivity index is 2.80. The van der Waals surface area contributed by atoms with E-state index in [1.165, 1.54) is 0 Å². The summed E-state index contributed by atoms with van der Waals surface area (Å²) in [6.07, 6.45) is 3.00. The van der Waals surface area contributed by atoms with Gasteiger partial charge in [0.15, 0.2) is 0 Å². The van der Waals surface area contributed by atoms with E-state index >= 15 is 0 Å². The van der Waals surface area contributed by atoms with Gasteiger partial charge in [-0.25, -0.2) is 4.79 Å². The van der Waals surface area contributed by atoms with E-state index in [9.17, 15) is 4.79 Å². The Labute approximate surface area is 109 Å². The molecule has 0 radical (unpaired) electrons. The predicted octanol–water partition coefficient (Wildman–Crippen LogP) is 3.03. The van der Waals surface area contributed by atoms with Crippen LogP contribution in [0.25, 0.3) is 0 Å². The largest absolute Gasteiger partial charge is 0.348 e. The van der Waals surface area contributed by atoms with Gasteiger partial charge in [-0.1, -0.05) is 6.42 Å². The summed E-state index contributed by atoms with van der Waals surface area (Å²) >= 11 is 9.05. The van der Waals surface area contributed by atoms with Crippen LogP contribution in [0.2, 0.25) is 0 Å². The lowest BCUT2D eigenvalue weighted by molar-refractivity contribution is 0.562. The molecule has 1 aromatic heterocycles. The molecule has 90 valence electrons. The number of aromatic nitrogens is 2. The summed E-state index contributed by atoms with van der Waals surface area (Å²) in [4.78, 5) is 15.6. The first-order chi connectivity index (χ1) is 7.57. The van der Waals surface area contributed by atoms with E-state index in [4.69, 9.17) is 11.6 Å². The molecule has 0 saturated carbocycles. The number of halogens is 2. The van der Waals surface area contributed by atoms with Crippen molar-refractivity contribution < 1.29 is 0 Å². The molecule has 0 bridgehead atoms. The second kappa shape index (κ2) is 6.40. The molecule has 5 heteroatoms. The number of alkyl halides is 1. The van der Waals surface area contributed by atoms with Crippen molar-refractivity contribution in [2.75, 3.05) is 5.88 Å². The summed E-state index contributed by atoms with van der Waals surface area (Å²) in [7, 11) is 0. The van der Waals surface area contributed by atoms with Crippen molar-refractivity contribution in [1.29, 1.82) is 0 Å². The van der Waals surface area contributed by atoms with Crippen LogP contribution in [0.15, 0.2) is 9.27 Å². The molecule has 0 aliphatic carbocycles. The topological polar surface area (TPSA) is 34.9 Å². The third-order valence-corrected chi connectivity index (χ3v) is 3.96. The van der Waals surface area contributed by atoms with E-state index in [2.05, 4.69) is 20.9 Å². The van der Waals surface area contributed by atoms with Gasteiger partial charge < -0.3 is 0 Å². The van der Waals surface area contributed by atoms with Crippen molar-refractivity contribution in [3.63, 3.8) is 0 Å². The van der Waals surface area contributed by atoms with Gasteiger partial charge in [-0.3, -0.25) is 4.57 Å². The van der Waals surface area contributed by atoms with Crippen molar-refractivity contribution in [1.82, 2.24) is 9.55 Å². The van der Waals surface area contributed by atoms with Gasteiger partial charge in [-0.2, -0.15) is 4.98 Å². The summed E-state index contributed by atoms with van der Waals surface area (Å²) in [6, 6.07) is 0. The Hall–Kier alpha value is -0.350. The van der Waals surface area contributed by atoms with Crippen molar-refractivity contribution in [2.24, 2.45) is 0 Å². The Morgan fingerprint density at radius 1 is 1.31 bits per heavy atom. The van der Waals surface area contributed by atoms with Crippen LogP contribution in [0, 0.1) is 13.8 Å². The summed E-state index contributed by atoms with van der Waals surface area (Å²) < 4.78 is 2.63. The number of hydrogen-bond donors (Lipinski definition) is 0. The van der Waals surface area contributed by atoms with Gasteiger partial charge in [0.1, 0.15) is 0 Å². The molecule has 16 heavy (non-hydrogen) atoms. The van der Waals surface area contributed by atoms with Gasteiger partial charge in [-0.15, -0.1) is 11.6 Å². The zero-order chi connectivity index (χ0) is 12.1. The first kappa shape index (κ1) is 13.7. The molecule has 1 aromatic rings. The Morgan fingerprint density at radius 2 is 2.00 bits per heavy atom. The molecule has 0 atom stereocenters. The van der Waals surface area contributed by atoms with Gasteiger partial charge in [0, 0.05) is 18.1 Å². The fourth-order valence-corrected chi connectivity index (χ4v) is 2.07. The molecule has 0 fully saturated rings. The molecule has 3 nitrogen and oxygen atoms in total. The fourth-order valence-electron chi connectivity index (χ4n) is 1.58. The Morgan fingerprint density at radius 3 is 2.62 bits per heavy atom. The van der Waals surface area contributed by atoms with E-state index in [-0.39, 0.29) is 5.69 Å². The highest BCUT2D eigenvalue weighted by atomic mass is 79.9. The number of hydrogen-bond acceptors (Lipinski definition) is 2. The average Bonchev–Trinajstić information content (AvgIpc) is 2.25. The van der Waals surface area contributed by atoms with Crippen LogP contribution in [0.4, 0.5) is 0 Å². The number of aryl methyl sites for hydroxylation is 1. The van der Waals surface area contributed by atoms with Crippen molar-refractivity contribution in [3.8, 4) is 0 Å². The van der Waals surface area contributed by atoms with Crippen LogP contribution < -0.4 is 5.69 Å². The summed E-state index contributed by atoms with van der Waals surface area (Å²) in [5.41, 5.74) is 1.53. The highest BCUT2D eigenvalue weighted by Gasteiger charge is 2.08. The van der Waals surface area contributed by atoms with Gasteiger partial charge in [0.05, 0.1) is 10.2 Å². The molecular weight excluding hydrogens is 291 g/mol. The molecule has 0 unspecified atom stereocenters. The second-order valence-corrected chi connectivity index (χ2v) is 4.95. The molecule has 1 rings (SSSR count). The molecule has 0 saturated heterocycles. The monoisotopic (exact) mass is 306 g/mol. The summed E-state index contributed by atoms with van der Waals surface area (Å²) in [5, 5.41) is 0. The highest BCUT2D eigenvalue weighted by molar-refractivity contribution is 9.10. The van der Waals surface area contributed by atoms with Crippen molar-refractivity contribution >= 4 is 27.5 Å². The minimum atomic E-state index is -0.163. The second-order valence-electron chi connectivity index (χ2n) is 3.78. The number of nitrogens with zero attached hydrogens (tertiary/aromatic N) is 2. The van der Waals surface area contributed by atoms with Gasteiger partial charge >= 0.3 is 5.69 Å². The zero-order valence-electron chi connectivity index (χ0n) is 9.59. The Bertz CT molecular complexity index is 417. The molecular formula is C11H16BrClN2O. The SMILES string of the molecule is Cc1nc(=O)n(CCCCCCl)c(C)c1Br. The number of rotatable bonds is 5. The molecule has 0 aromatic carbocycles. The average molecular weight is 308 g/mol. The van der Waals surface area contributed by atoms with Crippen LogP contribution >= 0.6 is 27.5 Å². The zero-order valence-corrected chi connectivity index (χ0v) is 11.9. The van der Waals surface area contributed by atoms with E-state index in [1.54, 1.807) is 4.57 Å². The third kappa shape index (κ3) is 3.32. The molecule has 0 amide bonds. The smallest absolute Gasteiger partial charge is 0.295 e. The normalized spacial score (nSPS) is 10.8. The molecule has 0 aliphatic rings. The van der Waals surface area contributed by atoms with E-state index in [0.717, 1.165) is 35.1 Å². The summed E-state index contributed by atoms with van der Waals surface area (Å²) in [6.45, 7) is 4.48. The lowest BCUT2D eigenvalue weighted by Crippen LogP contribution is -2.26. The van der Waals surface area contributed by atoms with Crippen LogP contribution in [-0.2, 0) is 6.54 Å². The maximum Gasteiger partial charge on any atom is 0.348 e. The molecule has 0 aliphatic heterocycles. The third-order valence-electron chi connectivity index (χ3n) is 2.55. The summed E-state index contributed by atoms with van der Waals surface area (Å²) in [5.74, 6) is 0.684. The Kier molecular flexibility index (Phi) is 5.49. The van der Waals surface area contributed by atoms with E-state index in [0.29, 0.717) is 12.4 Å². The van der Waals surface area contributed by atoms with E-state index in [1.807, 2.05) is 13.8 Å². The van der Waals surface area contributed by atoms with Crippen LogP contribution in [-0.4, -0.2) is 15.4 Å². The maximum absolute atomic E-state index is 11.7. The van der Waals surface area contributed by atoms with Gasteiger partial charge in [0.2, 0.25) is 0 Å². The first-order valence-electron chi connectivity index (χ1n) is 5.37. The highest BCUT2D eigenvalue weighted by Crippen LogP contribution is 2.17. The number of unbranched alkanes of at least 4 members (excludes halogenated alkanes) is 2. The van der Waals surface area contributed by atoms with Crippen molar-refractivity contribution in [3.05, 3.63) is 26.3 Å². The van der Waals surface area contributed by atoms with Crippen LogP contribution in [0.1, 0.15) is 30.7 Å². The predicted molar refractivity (Wildman–Crippen MR) is 70.2 cm³/mol. The fraction of sp³-hybridized carbons (Fsp3) is 0.636. The van der Waals surface area contributed by atoms with E-state index < -0.39 is 0 Å². The standard InChI is InChI=1S/C11H16BrClN2O/c1-8-10(12)9(2)15(11(16)14-8)7-5-3-4-6-13/h3-7H2,1-2H3. The van der Waals surface area contributed by atoms with Crippen LogP contribution in [0.5, 0.6) is 0 Å². The first-order valence-corrected chi connectivity index (χ1v) is 6.70.